The largest absolute Gasteiger partial charge is 0.325 e. The number of Topliss-reactive ketones (excluding diaryl/α,β-unsaturated/α-hetero) is 1. The highest BCUT2D eigenvalue weighted by Gasteiger charge is 2.50. The van der Waals surface area contributed by atoms with Crippen molar-refractivity contribution in [2.24, 2.45) is 0 Å². The number of benzene rings is 1. The van der Waals surface area contributed by atoms with Gasteiger partial charge in [-0.05, 0) is 51.1 Å². The third-order valence-electron chi connectivity index (χ3n) is 5.50. The molecule has 0 aliphatic carbocycles. The fourth-order valence-electron chi connectivity index (χ4n) is 3.92. The van der Waals surface area contributed by atoms with Crippen molar-refractivity contribution >= 4 is 17.7 Å². The lowest BCUT2D eigenvalue weighted by Gasteiger charge is -2.20. The molecule has 0 bridgehead atoms. The van der Waals surface area contributed by atoms with E-state index in [2.05, 4.69) is 10.3 Å². The van der Waals surface area contributed by atoms with E-state index in [1.807, 2.05) is 48.7 Å². The molecular formula is C23H22N4O3. The van der Waals surface area contributed by atoms with Crippen LogP contribution in [0.15, 0.2) is 60.8 Å². The molecule has 3 heterocycles. The van der Waals surface area contributed by atoms with E-state index in [0.717, 1.165) is 22.0 Å². The molecule has 7 nitrogen and oxygen atoms in total. The number of hydrogen-bond acceptors (Lipinski definition) is 4. The highest BCUT2D eigenvalue weighted by Crippen LogP contribution is 2.28. The topological polar surface area (TPSA) is 84.3 Å². The number of amides is 3. The van der Waals surface area contributed by atoms with Gasteiger partial charge in [-0.15, -0.1) is 0 Å². The van der Waals surface area contributed by atoms with Crippen LogP contribution in [-0.4, -0.2) is 38.7 Å². The predicted molar refractivity (Wildman–Crippen MR) is 111 cm³/mol. The van der Waals surface area contributed by atoms with Crippen molar-refractivity contribution in [2.45, 2.75) is 26.3 Å². The van der Waals surface area contributed by atoms with Crippen LogP contribution in [0.2, 0.25) is 0 Å². The van der Waals surface area contributed by atoms with Gasteiger partial charge in [0.2, 0.25) is 0 Å². The highest BCUT2D eigenvalue weighted by molar-refractivity contribution is 6.11. The standard InChI is InChI=1S/C23H22N4O3/c1-15-13-18(16(2)27(15)17-9-5-4-6-10-17)19(28)14-26-21(29)23(3,25-22(26)30)20-11-7-8-12-24-20/h4-13H,14H2,1-3H3,(H,25,30). The van der Waals surface area contributed by atoms with Crippen molar-refractivity contribution in [1.82, 2.24) is 19.8 Å². The molecular weight excluding hydrogens is 380 g/mol. The van der Waals surface area contributed by atoms with Crippen LogP contribution >= 0.6 is 0 Å². The third-order valence-corrected chi connectivity index (χ3v) is 5.50. The Balaban J connectivity index is 1.61. The number of para-hydroxylation sites is 1. The Labute approximate surface area is 174 Å². The molecule has 1 aromatic carbocycles. The number of imide groups is 1. The number of rotatable bonds is 5. The second kappa shape index (κ2) is 7.26. The zero-order valence-corrected chi connectivity index (χ0v) is 17.0. The fraction of sp³-hybridized carbons (Fsp3) is 0.217. The molecule has 4 rings (SSSR count). The molecule has 1 aliphatic rings. The monoisotopic (exact) mass is 402 g/mol. The first kappa shape index (κ1) is 19.6. The number of hydrogen-bond donors (Lipinski definition) is 1. The van der Waals surface area contributed by atoms with E-state index in [9.17, 15) is 14.4 Å². The van der Waals surface area contributed by atoms with Gasteiger partial charge in [0.05, 0.1) is 12.2 Å². The summed E-state index contributed by atoms with van der Waals surface area (Å²) in [6, 6.07) is 16.1. The van der Waals surface area contributed by atoms with Crippen LogP contribution in [0.5, 0.6) is 0 Å². The van der Waals surface area contributed by atoms with Gasteiger partial charge in [-0.1, -0.05) is 24.3 Å². The molecule has 1 fully saturated rings. The van der Waals surface area contributed by atoms with Gasteiger partial charge in [0, 0.05) is 28.8 Å². The van der Waals surface area contributed by atoms with Gasteiger partial charge in [-0.3, -0.25) is 19.5 Å². The molecule has 1 unspecified atom stereocenters. The zero-order valence-electron chi connectivity index (χ0n) is 17.0. The lowest BCUT2D eigenvalue weighted by atomic mass is 9.97. The molecule has 1 atom stereocenters. The quantitative estimate of drug-likeness (QED) is 0.525. The molecule has 1 saturated heterocycles. The van der Waals surface area contributed by atoms with E-state index in [1.165, 1.54) is 0 Å². The van der Waals surface area contributed by atoms with Crippen molar-refractivity contribution < 1.29 is 14.4 Å². The van der Waals surface area contributed by atoms with Gasteiger partial charge in [0.15, 0.2) is 11.3 Å². The number of carbonyl (C=O) groups excluding carboxylic acids is 3. The van der Waals surface area contributed by atoms with E-state index < -0.39 is 17.5 Å². The summed E-state index contributed by atoms with van der Waals surface area (Å²) in [6.07, 6.45) is 1.56. The number of aryl methyl sites for hydroxylation is 1. The average molecular weight is 402 g/mol. The third kappa shape index (κ3) is 3.08. The molecule has 1 N–H and O–H groups in total. The van der Waals surface area contributed by atoms with Gasteiger partial charge in [-0.2, -0.15) is 0 Å². The fourth-order valence-corrected chi connectivity index (χ4v) is 3.92. The molecule has 2 aromatic heterocycles. The maximum Gasteiger partial charge on any atom is 0.325 e. The second-order valence-electron chi connectivity index (χ2n) is 7.54. The normalized spacial score (nSPS) is 18.6. The number of carbonyl (C=O) groups is 3. The Hall–Kier alpha value is -3.74. The van der Waals surface area contributed by atoms with E-state index >= 15 is 0 Å². The minimum atomic E-state index is -1.29. The summed E-state index contributed by atoms with van der Waals surface area (Å²) < 4.78 is 1.98. The van der Waals surface area contributed by atoms with Gasteiger partial charge in [-0.25, -0.2) is 4.79 Å². The lowest BCUT2D eigenvalue weighted by molar-refractivity contribution is -0.130. The van der Waals surface area contributed by atoms with Crippen molar-refractivity contribution in [1.29, 1.82) is 0 Å². The number of ketones is 1. The number of urea groups is 1. The molecule has 0 saturated carbocycles. The van der Waals surface area contributed by atoms with Crippen LogP contribution in [0.4, 0.5) is 4.79 Å². The minimum absolute atomic E-state index is 0.293. The molecule has 7 heteroatoms. The smallest absolute Gasteiger partial charge is 0.318 e. The maximum atomic E-state index is 13.1. The Morgan fingerprint density at radius 3 is 2.43 bits per heavy atom. The van der Waals surface area contributed by atoms with Gasteiger partial charge < -0.3 is 9.88 Å². The van der Waals surface area contributed by atoms with Crippen LogP contribution in [0, 0.1) is 13.8 Å². The molecule has 1 aliphatic heterocycles. The summed E-state index contributed by atoms with van der Waals surface area (Å²) >= 11 is 0. The Kier molecular flexibility index (Phi) is 4.73. The summed E-state index contributed by atoms with van der Waals surface area (Å²) in [5.74, 6) is -0.782. The Morgan fingerprint density at radius 2 is 1.77 bits per heavy atom. The summed E-state index contributed by atoms with van der Waals surface area (Å²) in [4.78, 5) is 43.8. The van der Waals surface area contributed by atoms with E-state index in [1.54, 1.807) is 37.4 Å². The van der Waals surface area contributed by atoms with Gasteiger partial charge in [0.25, 0.3) is 5.91 Å². The summed E-state index contributed by atoms with van der Waals surface area (Å²) in [6.45, 7) is 5.05. The number of nitrogens with zero attached hydrogens (tertiary/aromatic N) is 3. The molecule has 30 heavy (non-hydrogen) atoms. The highest BCUT2D eigenvalue weighted by atomic mass is 16.2. The second-order valence-corrected chi connectivity index (χ2v) is 7.54. The van der Waals surface area contributed by atoms with E-state index in [-0.39, 0.29) is 12.3 Å². The first-order chi connectivity index (χ1) is 14.3. The average Bonchev–Trinajstić information content (AvgIpc) is 3.17. The summed E-state index contributed by atoms with van der Waals surface area (Å²) in [7, 11) is 0. The van der Waals surface area contributed by atoms with Crippen LogP contribution in [-0.2, 0) is 10.3 Å². The Bertz CT molecular complexity index is 1140. The van der Waals surface area contributed by atoms with Crippen molar-refractivity contribution in [3.8, 4) is 5.69 Å². The van der Waals surface area contributed by atoms with Crippen molar-refractivity contribution in [2.75, 3.05) is 6.54 Å². The first-order valence-electron chi connectivity index (χ1n) is 9.66. The van der Waals surface area contributed by atoms with Crippen LogP contribution in [0.1, 0.15) is 34.4 Å². The summed E-state index contributed by atoms with van der Waals surface area (Å²) in [5, 5.41) is 2.68. The number of nitrogens with one attached hydrogen (secondary N) is 1. The molecule has 152 valence electrons. The van der Waals surface area contributed by atoms with E-state index in [4.69, 9.17) is 0 Å². The molecule has 3 aromatic rings. The summed E-state index contributed by atoms with van der Waals surface area (Å²) in [5.41, 5.74) is 2.24. The number of pyridine rings is 1. The van der Waals surface area contributed by atoms with Crippen LogP contribution < -0.4 is 5.32 Å². The molecule has 3 amide bonds. The lowest BCUT2D eigenvalue weighted by Crippen LogP contribution is -2.42. The van der Waals surface area contributed by atoms with Crippen LogP contribution in [0.25, 0.3) is 5.69 Å². The first-order valence-corrected chi connectivity index (χ1v) is 9.66. The number of aromatic nitrogens is 2. The SMILES string of the molecule is Cc1cc(C(=O)CN2C(=O)NC(C)(c3ccccn3)C2=O)c(C)n1-c1ccccc1. The molecule has 0 spiro atoms. The van der Waals surface area contributed by atoms with Crippen LogP contribution in [0.3, 0.4) is 0 Å². The maximum absolute atomic E-state index is 13.1. The minimum Gasteiger partial charge on any atom is -0.318 e. The zero-order chi connectivity index (χ0) is 21.5. The molecule has 0 radical (unpaired) electrons. The van der Waals surface area contributed by atoms with Gasteiger partial charge in [0.1, 0.15) is 0 Å². The van der Waals surface area contributed by atoms with E-state index in [0.29, 0.717) is 11.3 Å². The predicted octanol–water partition coefficient (Wildman–Crippen LogP) is 3.14. The van der Waals surface area contributed by atoms with Crippen molar-refractivity contribution in [3.63, 3.8) is 0 Å². The van der Waals surface area contributed by atoms with Crippen molar-refractivity contribution in [3.05, 3.63) is 83.4 Å². The van der Waals surface area contributed by atoms with Gasteiger partial charge >= 0.3 is 6.03 Å². The Morgan fingerprint density at radius 1 is 1.07 bits per heavy atom.